The van der Waals surface area contributed by atoms with Crippen LogP contribution in [-0.4, -0.2) is 12.1 Å². The summed E-state index contributed by atoms with van der Waals surface area (Å²) in [6.45, 7) is 5.80. The van der Waals surface area contributed by atoms with Gasteiger partial charge in [0, 0.05) is 11.2 Å². The molecule has 0 bridgehead atoms. The molecule has 2 heteroatoms. The third-order valence-electron chi connectivity index (χ3n) is 4.59. The largest absolute Gasteiger partial charge is 0.399 e. The van der Waals surface area contributed by atoms with Crippen molar-refractivity contribution in [2.45, 2.75) is 63.8 Å². The highest BCUT2D eigenvalue weighted by atomic mass is 15.0. The maximum Gasteiger partial charge on any atom is 0.0314 e. The number of anilines is 1. The van der Waals surface area contributed by atoms with Crippen LogP contribution in [0.15, 0.2) is 24.3 Å². The summed E-state index contributed by atoms with van der Waals surface area (Å²) >= 11 is 0. The molecule has 0 amide bonds. The summed E-state index contributed by atoms with van der Waals surface area (Å²) in [6.07, 6.45) is 8.05. The van der Waals surface area contributed by atoms with Gasteiger partial charge in [-0.05, 0) is 56.3 Å². The number of hydrogen-bond donors (Lipinski definition) is 2. The van der Waals surface area contributed by atoms with E-state index in [0.29, 0.717) is 11.5 Å². The van der Waals surface area contributed by atoms with Crippen LogP contribution in [0.4, 0.5) is 5.69 Å². The number of rotatable bonds is 5. The first-order chi connectivity index (χ1) is 9.09. The molecule has 1 fully saturated rings. The fraction of sp³-hybridized carbons (Fsp3) is 0.647. The Hall–Kier alpha value is -1.02. The van der Waals surface area contributed by atoms with Crippen LogP contribution in [0.25, 0.3) is 0 Å². The van der Waals surface area contributed by atoms with E-state index in [1.54, 1.807) is 0 Å². The van der Waals surface area contributed by atoms with Crippen molar-refractivity contribution in [1.82, 2.24) is 5.32 Å². The van der Waals surface area contributed by atoms with Gasteiger partial charge in [0.2, 0.25) is 0 Å². The fourth-order valence-corrected chi connectivity index (χ4v) is 3.09. The Morgan fingerprint density at radius 1 is 1.16 bits per heavy atom. The van der Waals surface area contributed by atoms with Gasteiger partial charge in [0.05, 0.1) is 0 Å². The lowest BCUT2D eigenvalue weighted by Gasteiger charge is -2.35. The van der Waals surface area contributed by atoms with Crippen molar-refractivity contribution in [1.29, 1.82) is 0 Å². The van der Waals surface area contributed by atoms with Crippen molar-refractivity contribution < 1.29 is 0 Å². The standard InChI is InChI=1S/C17H28N2/c1-14(15-6-8-16(18)9-7-15)10-13-19-17(2)11-4-3-5-12-17/h6-9,14,19H,3-5,10-13,18H2,1-2H3. The minimum absolute atomic E-state index is 0.388. The predicted octanol–water partition coefficient (Wildman–Crippen LogP) is 4.07. The molecule has 1 aliphatic carbocycles. The molecule has 3 N–H and O–H groups in total. The molecular weight excluding hydrogens is 232 g/mol. The van der Waals surface area contributed by atoms with Gasteiger partial charge in [-0.1, -0.05) is 38.3 Å². The van der Waals surface area contributed by atoms with Crippen molar-refractivity contribution in [3.05, 3.63) is 29.8 Å². The minimum Gasteiger partial charge on any atom is -0.399 e. The van der Waals surface area contributed by atoms with Crippen LogP contribution in [0.1, 0.15) is 63.9 Å². The average Bonchev–Trinajstić information content (AvgIpc) is 2.40. The van der Waals surface area contributed by atoms with E-state index in [4.69, 9.17) is 5.73 Å². The van der Waals surface area contributed by atoms with Crippen LogP contribution in [-0.2, 0) is 0 Å². The number of nitrogen functional groups attached to an aromatic ring is 1. The van der Waals surface area contributed by atoms with Crippen LogP contribution in [0.3, 0.4) is 0 Å². The summed E-state index contributed by atoms with van der Waals surface area (Å²) in [5.41, 5.74) is 8.36. The van der Waals surface area contributed by atoms with Gasteiger partial charge >= 0.3 is 0 Å². The van der Waals surface area contributed by atoms with Crippen molar-refractivity contribution >= 4 is 5.69 Å². The smallest absolute Gasteiger partial charge is 0.0314 e. The predicted molar refractivity (Wildman–Crippen MR) is 83.4 cm³/mol. The quantitative estimate of drug-likeness (QED) is 0.783. The monoisotopic (exact) mass is 260 g/mol. The van der Waals surface area contributed by atoms with Crippen molar-refractivity contribution in [3.63, 3.8) is 0 Å². The molecule has 0 heterocycles. The highest BCUT2D eigenvalue weighted by molar-refractivity contribution is 5.40. The molecule has 1 aliphatic rings. The molecule has 106 valence electrons. The molecule has 1 aromatic rings. The molecule has 0 spiro atoms. The first-order valence-corrected chi connectivity index (χ1v) is 7.69. The highest BCUT2D eigenvalue weighted by Gasteiger charge is 2.25. The van der Waals surface area contributed by atoms with Gasteiger partial charge in [0.25, 0.3) is 0 Å². The second-order valence-electron chi connectivity index (χ2n) is 6.40. The van der Waals surface area contributed by atoms with E-state index in [9.17, 15) is 0 Å². The topological polar surface area (TPSA) is 38.0 Å². The molecule has 1 atom stereocenters. The molecule has 2 rings (SSSR count). The van der Waals surface area contributed by atoms with Gasteiger partial charge in [-0.15, -0.1) is 0 Å². The van der Waals surface area contributed by atoms with E-state index in [1.807, 2.05) is 12.1 Å². The normalized spacial score (nSPS) is 20.1. The van der Waals surface area contributed by atoms with Gasteiger partial charge < -0.3 is 11.1 Å². The van der Waals surface area contributed by atoms with Crippen molar-refractivity contribution in [3.8, 4) is 0 Å². The number of hydrogen-bond acceptors (Lipinski definition) is 2. The Morgan fingerprint density at radius 3 is 2.42 bits per heavy atom. The van der Waals surface area contributed by atoms with Crippen LogP contribution >= 0.6 is 0 Å². The van der Waals surface area contributed by atoms with E-state index in [-0.39, 0.29) is 0 Å². The van der Waals surface area contributed by atoms with Gasteiger partial charge in [-0.2, -0.15) is 0 Å². The second kappa shape index (κ2) is 6.42. The summed E-state index contributed by atoms with van der Waals surface area (Å²) < 4.78 is 0. The third kappa shape index (κ3) is 4.24. The van der Waals surface area contributed by atoms with E-state index in [0.717, 1.165) is 12.2 Å². The first-order valence-electron chi connectivity index (χ1n) is 7.69. The van der Waals surface area contributed by atoms with Gasteiger partial charge in [-0.25, -0.2) is 0 Å². The zero-order valence-corrected chi connectivity index (χ0v) is 12.4. The fourth-order valence-electron chi connectivity index (χ4n) is 3.09. The lowest BCUT2D eigenvalue weighted by Crippen LogP contribution is -2.44. The number of nitrogens with two attached hydrogens (primary N) is 1. The summed E-state index contributed by atoms with van der Waals surface area (Å²) in [6, 6.07) is 8.31. The molecule has 1 unspecified atom stereocenters. The number of nitrogens with one attached hydrogen (secondary N) is 1. The zero-order valence-electron chi connectivity index (χ0n) is 12.4. The van der Waals surface area contributed by atoms with Crippen LogP contribution in [0.5, 0.6) is 0 Å². The zero-order chi connectivity index (χ0) is 13.7. The SMILES string of the molecule is CC(CCNC1(C)CCCCC1)c1ccc(N)cc1. The van der Waals surface area contributed by atoms with E-state index in [1.165, 1.54) is 44.1 Å². The van der Waals surface area contributed by atoms with E-state index < -0.39 is 0 Å². The molecular formula is C17H28N2. The summed E-state index contributed by atoms with van der Waals surface area (Å²) in [4.78, 5) is 0. The van der Waals surface area contributed by atoms with E-state index in [2.05, 4.69) is 31.3 Å². The van der Waals surface area contributed by atoms with Crippen LogP contribution in [0.2, 0.25) is 0 Å². The van der Waals surface area contributed by atoms with E-state index >= 15 is 0 Å². The van der Waals surface area contributed by atoms with Crippen LogP contribution in [0, 0.1) is 0 Å². The van der Waals surface area contributed by atoms with Crippen LogP contribution < -0.4 is 11.1 Å². The first kappa shape index (κ1) is 14.4. The van der Waals surface area contributed by atoms with Crippen molar-refractivity contribution in [2.75, 3.05) is 12.3 Å². The lowest BCUT2D eigenvalue weighted by atomic mass is 9.83. The Labute approximate surface area is 117 Å². The summed E-state index contributed by atoms with van der Waals surface area (Å²) in [7, 11) is 0. The van der Waals surface area contributed by atoms with Gasteiger partial charge in [0.1, 0.15) is 0 Å². The summed E-state index contributed by atoms with van der Waals surface area (Å²) in [5.74, 6) is 0.597. The molecule has 1 saturated carbocycles. The summed E-state index contributed by atoms with van der Waals surface area (Å²) in [5, 5.41) is 3.79. The molecule has 0 radical (unpaired) electrons. The Balaban J connectivity index is 1.77. The maximum atomic E-state index is 5.73. The molecule has 19 heavy (non-hydrogen) atoms. The minimum atomic E-state index is 0.388. The maximum absolute atomic E-state index is 5.73. The molecule has 0 aromatic heterocycles. The third-order valence-corrected chi connectivity index (χ3v) is 4.59. The lowest BCUT2D eigenvalue weighted by molar-refractivity contribution is 0.252. The van der Waals surface area contributed by atoms with Crippen molar-refractivity contribution in [2.24, 2.45) is 0 Å². The second-order valence-corrected chi connectivity index (χ2v) is 6.40. The highest BCUT2D eigenvalue weighted by Crippen LogP contribution is 2.28. The Bertz CT molecular complexity index is 377. The van der Waals surface area contributed by atoms with Gasteiger partial charge in [-0.3, -0.25) is 0 Å². The molecule has 0 saturated heterocycles. The average molecular weight is 260 g/mol. The molecule has 1 aromatic carbocycles. The molecule has 0 aliphatic heterocycles. The Morgan fingerprint density at radius 2 is 1.79 bits per heavy atom. The Kier molecular flexibility index (Phi) is 4.87. The van der Waals surface area contributed by atoms with Gasteiger partial charge in [0.15, 0.2) is 0 Å². The number of benzene rings is 1. The molecule has 2 nitrogen and oxygen atoms in total.